The van der Waals surface area contributed by atoms with E-state index < -0.39 is 4.92 Å². The lowest BCUT2D eigenvalue weighted by Gasteiger charge is -2.17. The molecule has 1 heterocycles. The number of rotatable bonds is 6. The molecule has 0 radical (unpaired) electrons. The number of hydrogen-bond donors (Lipinski definition) is 1. The molecule has 1 N–H and O–H groups in total. The zero-order valence-electron chi connectivity index (χ0n) is 11.9. The predicted octanol–water partition coefficient (Wildman–Crippen LogP) is 3.85. The van der Waals surface area contributed by atoms with Crippen LogP contribution in [0.4, 0.5) is 11.4 Å². The van der Waals surface area contributed by atoms with E-state index >= 15 is 0 Å². The van der Waals surface area contributed by atoms with Gasteiger partial charge in [0.25, 0.3) is 5.69 Å². The van der Waals surface area contributed by atoms with Crippen molar-refractivity contribution in [1.29, 1.82) is 0 Å². The standard InChI is InChI=1S/C15H20N2O3/c1-3-4-5-7-10(2)13-11-8-6-9-12(17(19)20)14(11)16-15(13)18/h6,8-10,13H,3-5,7H2,1-2H3,(H,16,18). The minimum Gasteiger partial charge on any atom is -0.320 e. The van der Waals surface area contributed by atoms with Gasteiger partial charge in [0.2, 0.25) is 5.91 Å². The van der Waals surface area contributed by atoms with Crippen LogP contribution in [0.1, 0.15) is 51.0 Å². The summed E-state index contributed by atoms with van der Waals surface area (Å²) in [5.74, 6) is -0.176. The number of nitrogens with zero attached hydrogens (tertiary/aromatic N) is 1. The second-order valence-corrected chi connectivity index (χ2v) is 5.44. The molecular formula is C15H20N2O3. The molecule has 0 spiro atoms. The Morgan fingerprint density at radius 3 is 2.80 bits per heavy atom. The van der Waals surface area contributed by atoms with Gasteiger partial charge in [-0.25, -0.2) is 0 Å². The van der Waals surface area contributed by atoms with Crippen LogP contribution >= 0.6 is 0 Å². The topological polar surface area (TPSA) is 72.2 Å². The van der Waals surface area contributed by atoms with Crippen molar-refractivity contribution in [3.63, 3.8) is 0 Å². The summed E-state index contributed by atoms with van der Waals surface area (Å²) in [7, 11) is 0. The van der Waals surface area contributed by atoms with Crippen molar-refractivity contribution in [1.82, 2.24) is 0 Å². The highest BCUT2D eigenvalue weighted by Crippen LogP contribution is 2.43. The highest BCUT2D eigenvalue weighted by molar-refractivity contribution is 6.05. The van der Waals surface area contributed by atoms with Gasteiger partial charge in [0.05, 0.1) is 10.8 Å². The molecule has 2 rings (SSSR count). The van der Waals surface area contributed by atoms with Gasteiger partial charge in [-0.1, -0.05) is 45.2 Å². The number of nitro groups is 1. The van der Waals surface area contributed by atoms with Crippen LogP contribution in [0.3, 0.4) is 0 Å². The monoisotopic (exact) mass is 276 g/mol. The molecule has 1 amide bonds. The molecule has 108 valence electrons. The van der Waals surface area contributed by atoms with E-state index in [1.165, 1.54) is 6.07 Å². The van der Waals surface area contributed by atoms with E-state index in [4.69, 9.17) is 0 Å². The van der Waals surface area contributed by atoms with Crippen LogP contribution in [0.5, 0.6) is 0 Å². The quantitative estimate of drug-likeness (QED) is 0.487. The summed E-state index contributed by atoms with van der Waals surface area (Å²) >= 11 is 0. The van der Waals surface area contributed by atoms with E-state index in [-0.39, 0.29) is 23.4 Å². The van der Waals surface area contributed by atoms with E-state index in [2.05, 4.69) is 12.2 Å². The summed E-state index contributed by atoms with van der Waals surface area (Å²) in [6.45, 7) is 4.19. The normalized spacial score (nSPS) is 18.5. The van der Waals surface area contributed by atoms with Gasteiger partial charge in [0, 0.05) is 6.07 Å². The second-order valence-electron chi connectivity index (χ2n) is 5.44. The van der Waals surface area contributed by atoms with Gasteiger partial charge in [0.1, 0.15) is 5.69 Å². The molecule has 1 aromatic rings. The molecule has 0 saturated heterocycles. The first-order chi connectivity index (χ1) is 9.56. The maximum Gasteiger partial charge on any atom is 0.293 e. The molecule has 1 aliphatic heterocycles. The third kappa shape index (κ3) is 2.66. The lowest BCUT2D eigenvalue weighted by molar-refractivity contribution is -0.383. The lowest BCUT2D eigenvalue weighted by atomic mass is 9.85. The Hall–Kier alpha value is -1.91. The fourth-order valence-electron chi connectivity index (χ4n) is 2.90. The first-order valence-corrected chi connectivity index (χ1v) is 7.14. The van der Waals surface area contributed by atoms with Crippen LogP contribution in [0.25, 0.3) is 0 Å². The molecular weight excluding hydrogens is 256 g/mol. The zero-order valence-corrected chi connectivity index (χ0v) is 11.9. The number of carbonyl (C=O) groups excluding carboxylic acids is 1. The summed E-state index contributed by atoms with van der Waals surface area (Å²) in [4.78, 5) is 22.7. The first-order valence-electron chi connectivity index (χ1n) is 7.14. The maximum atomic E-state index is 12.1. The molecule has 1 aliphatic rings. The fourth-order valence-corrected chi connectivity index (χ4v) is 2.90. The number of carbonyl (C=O) groups is 1. The molecule has 2 atom stereocenters. The zero-order chi connectivity index (χ0) is 14.7. The van der Waals surface area contributed by atoms with Crippen molar-refractivity contribution in [3.8, 4) is 0 Å². The molecule has 5 heteroatoms. The molecule has 2 unspecified atom stereocenters. The van der Waals surface area contributed by atoms with E-state index in [1.807, 2.05) is 13.0 Å². The molecule has 0 fully saturated rings. The number of fused-ring (bicyclic) bond motifs is 1. The molecule has 0 aliphatic carbocycles. The highest BCUT2D eigenvalue weighted by atomic mass is 16.6. The van der Waals surface area contributed by atoms with Crippen LogP contribution < -0.4 is 5.32 Å². The van der Waals surface area contributed by atoms with Gasteiger partial charge in [0.15, 0.2) is 0 Å². The Balaban J connectivity index is 2.24. The Morgan fingerprint density at radius 2 is 2.15 bits per heavy atom. The molecule has 0 saturated carbocycles. The van der Waals surface area contributed by atoms with Crippen molar-refractivity contribution in [2.45, 2.75) is 45.4 Å². The van der Waals surface area contributed by atoms with Gasteiger partial charge in [-0.15, -0.1) is 0 Å². The molecule has 0 bridgehead atoms. The summed E-state index contributed by atoms with van der Waals surface area (Å²) in [6.07, 6.45) is 4.35. The van der Waals surface area contributed by atoms with Gasteiger partial charge >= 0.3 is 0 Å². The number of amides is 1. The number of nitrogens with one attached hydrogen (secondary N) is 1. The van der Waals surface area contributed by atoms with Crippen LogP contribution in [0, 0.1) is 16.0 Å². The van der Waals surface area contributed by atoms with Crippen LogP contribution in [-0.2, 0) is 4.79 Å². The average Bonchev–Trinajstić information content (AvgIpc) is 2.74. The summed E-state index contributed by atoms with van der Waals surface area (Å²) in [5, 5.41) is 13.7. The van der Waals surface area contributed by atoms with Gasteiger partial charge < -0.3 is 5.32 Å². The van der Waals surface area contributed by atoms with Crippen molar-refractivity contribution in [3.05, 3.63) is 33.9 Å². The van der Waals surface area contributed by atoms with Gasteiger partial charge in [-0.2, -0.15) is 0 Å². The van der Waals surface area contributed by atoms with Crippen LogP contribution in [-0.4, -0.2) is 10.8 Å². The third-order valence-corrected chi connectivity index (χ3v) is 3.97. The van der Waals surface area contributed by atoms with Crippen molar-refractivity contribution < 1.29 is 9.72 Å². The molecule has 0 aromatic heterocycles. The second kappa shape index (κ2) is 6.03. The Kier molecular flexibility index (Phi) is 4.37. The van der Waals surface area contributed by atoms with E-state index in [0.29, 0.717) is 5.69 Å². The van der Waals surface area contributed by atoms with Crippen molar-refractivity contribution >= 4 is 17.3 Å². The van der Waals surface area contributed by atoms with E-state index in [0.717, 1.165) is 31.2 Å². The van der Waals surface area contributed by atoms with Gasteiger partial charge in [-0.05, 0) is 17.9 Å². The summed E-state index contributed by atoms with van der Waals surface area (Å²) < 4.78 is 0. The minimum absolute atomic E-state index is 0.0147. The lowest BCUT2D eigenvalue weighted by Crippen LogP contribution is -2.18. The average molecular weight is 276 g/mol. The van der Waals surface area contributed by atoms with Crippen LogP contribution in [0.2, 0.25) is 0 Å². The molecule has 1 aromatic carbocycles. The summed E-state index contributed by atoms with van der Waals surface area (Å²) in [5.41, 5.74) is 1.14. The Bertz CT molecular complexity index is 528. The number of para-hydroxylation sites is 1. The first kappa shape index (κ1) is 14.5. The Morgan fingerprint density at radius 1 is 1.40 bits per heavy atom. The third-order valence-electron chi connectivity index (χ3n) is 3.97. The van der Waals surface area contributed by atoms with Gasteiger partial charge in [-0.3, -0.25) is 14.9 Å². The smallest absolute Gasteiger partial charge is 0.293 e. The van der Waals surface area contributed by atoms with Crippen molar-refractivity contribution in [2.24, 2.45) is 5.92 Å². The maximum absolute atomic E-state index is 12.1. The van der Waals surface area contributed by atoms with Crippen molar-refractivity contribution in [2.75, 3.05) is 5.32 Å². The fraction of sp³-hybridized carbons (Fsp3) is 0.533. The van der Waals surface area contributed by atoms with E-state index in [1.54, 1.807) is 6.07 Å². The molecule has 20 heavy (non-hydrogen) atoms. The largest absolute Gasteiger partial charge is 0.320 e. The number of anilines is 1. The number of hydrogen-bond acceptors (Lipinski definition) is 3. The highest BCUT2D eigenvalue weighted by Gasteiger charge is 2.38. The minimum atomic E-state index is -0.441. The predicted molar refractivity (Wildman–Crippen MR) is 77.8 cm³/mol. The number of unbranched alkanes of at least 4 members (excludes halogenated alkanes) is 2. The summed E-state index contributed by atoms with van der Waals surface area (Å²) in [6, 6.07) is 4.91. The SMILES string of the molecule is CCCCCC(C)C1C(=O)Nc2c1cccc2[N+](=O)[O-]. The van der Waals surface area contributed by atoms with E-state index in [9.17, 15) is 14.9 Å². The number of nitro benzene ring substituents is 1. The number of benzene rings is 1. The molecule has 5 nitrogen and oxygen atoms in total. The van der Waals surface area contributed by atoms with Crippen LogP contribution in [0.15, 0.2) is 18.2 Å². The Labute approximate surface area is 118 Å².